The highest BCUT2D eigenvalue weighted by Gasteiger charge is 2.16. The van der Waals surface area contributed by atoms with Crippen LogP contribution in [-0.4, -0.2) is 21.4 Å². The summed E-state index contributed by atoms with van der Waals surface area (Å²) in [5.74, 6) is -2.16. The maximum absolute atomic E-state index is 13.1. The van der Waals surface area contributed by atoms with Crippen LogP contribution in [-0.2, 0) is 11.3 Å². The minimum absolute atomic E-state index is 0.318. The predicted octanol–water partition coefficient (Wildman–Crippen LogP) is 3.45. The first-order valence-corrected chi connectivity index (χ1v) is 8.18. The van der Waals surface area contributed by atoms with Gasteiger partial charge in [0, 0.05) is 36.1 Å². The van der Waals surface area contributed by atoms with Gasteiger partial charge in [-0.15, -0.1) is 0 Å². The van der Waals surface area contributed by atoms with E-state index in [4.69, 9.17) is 10.8 Å². The monoisotopic (exact) mass is 364 g/mol. The molecule has 0 spiro atoms. The number of benzene rings is 2. The van der Waals surface area contributed by atoms with Crippen LogP contribution in [0.5, 0.6) is 0 Å². The van der Waals surface area contributed by atoms with Gasteiger partial charge in [0.25, 0.3) is 0 Å². The summed E-state index contributed by atoms with van der Waals surface area (Å²) in [5, 5.41) is 8.91. The van der Waals surface area contributed by atoms with Crippen molar-refractivity contribution in [2.24, 2.45) is 5.73 Å². The zero-order chi connectivity index (χ0) is 19.4. The van der Waals surface area contributed by atoms with Crippen LogP contribution in [0.25, 0.3) is 11.1 Å². The van der Waals surface area contributed by atoms with Crippen molar-refractivity contribution in [2.75, 3.05) is 0 Å². The fraction of sp³-hybridized carbons (Fsp3) is 0.0476. The summed E-state index contributed by atoms with van der Waals surface area (Å²) in [5.41, 5.74) is 7.55. The highest BCUT2D eigenvalue weighted by atomic mass is 19.1. The van der Waals surface area contributed by atoms with Gasteiger partial charge in [0.1, 0.15) is 11.5 Å². The van der Waals surface area contributed by atoms with Gasteiger partial charge in [-0.05, 0) is 23.3 Å². The smallest absolute Gasteiger partial charge is 0.351 e. The Balaban J connectivity index is 2.01. The second kappa shape index (κ2) is 7.70. The molecule has 0 aliphatic carbocycles. The number of nitrogens with two attached hydrogens (primary N) is 1. The normalized spacial score (nSPS) is 11.4. The van der Waals surface area contributed by atoms with Crippen molar-refractivity contribution >= 4 is 11.8 Å². The van der Waals surface area contributed by atoms with Gasteiger partial charge in [-0.3, -0.25) is 4.79 Å². The third kappa shape index (κ3) is 4.30. The van der Waals surface area contributed by atoms with Crippen LogP contribution in [0.1, 0.15) is 15.9 Å². The molecular weight excluding hydrogens is 347 g/mol. The van der Waals surface area contributed by atoms with Gasteiger partial charge in [0.2, 0.25) is 0 Å². The molecule has 3 rings (SSSR count). The Morgan fingerprint density at radius 1 is 1.04 bits per heavy atom. The molecule has 0 saturated carbocycles. The van der Waals surface area contributed by atoms with Crippen LogP contribution in [0.4, 0.5) is 4.39 Å². The molecule has 2 aromatic carbocycles. The third-order valence-corrected chi connectivity index (χ3v) is 4.04. The van der Waals surface area contributed by atoms with Crippen molar-refractivity contribution in [3.63, 3.8) is 0 Å². The molecule has 0 aliphatic rings. The largest absolute Gasteiger partial charge is 0.477 e. The fourth-order valence-corrected chi connectivity index (χ4v) is 2.72. The van der Waals surface area contributed by atoms with Gasteiger partial charge in [0.05, 0.1) is 0 Å². The highest BCUT2D eigenvalue weighted by molar-refractivity contribution is 6.11. The van der Waals surface area contributed by atoms with Crippen LogP contribution in [0.3, 0.4) is 0 Å². The molecule has 3 N–H and O–H groups in total. The number of ketones is 1. The van der Waals surface area contributed by atoms with Crippen LogP contribution < -0.4 is 5.73 Å². The number of allylic oxidation sites excluding steroid dienone is 1. The fourth-order valence-electron chi connectivity index (χ4n) is 2.72. The van der Waals surface area contributed by atoms with Crippen LogP contribution in [0.15, 0.2) is 78.8 Å². The Kier molecular flexibility index (Phi) is 5.17. The van der Waals surface area contributed by atoms with Gasteiger partial charge < -0.3 is 15.4 Å². The summed E-state index contributed by atoms with van der Waals surface area (Å²) < 4.78 is 14.9. The minimum atomic E-state index is -1.35. The summed E-state index contributed by atoms with van der Waals surface area (Å²) in [4.78, 5) is 23.5. The molecule has 136 valence electrons. The molecule has 0 atom stereocenters. The Hall–Kier alpha value is -3.67. The van der Waals surface area contributed by atoms with E-state index in [1.165, 1.54) is 12.1 Å². The van der Waals surface area contributed by atoms with Gasteiger partial charge in [0.15, 0.2) is 5.78 Å². The molecule has 5 nitrogen and oxygen atoms in total. The van der Waals surface area contributed by atoms with Gasteiger partial charge in [-0.2, -0.15) is 0 Å². The summed E-state index contributed by atoms with van der Waals surface area (Å²) >= 11 is 0. The average molecular weight is 364 g/mol. The molecule has 0 aliphatic heterocycles. The number of halogens is 1. The number of carbonyl (C=O) groups is 2. The maximum atomic E-state index is 13.1. The van der Waals surface area contributed by atoms with Crippen molar-refractivity contribution in [2.45, 2.75) is 6.54 Å². The predicted molar refractivity (Wildman–Crippen MR) is 99.6 cm³/mol. The maximum Gasteiger partial charge on any atom is 0.351 e. The Morgan fingerprint density at radius 2 is 1.70 bits per heavy atom. The van der Waals surface area contributed by atoms with E-state index in [1.54, 1.807) is 29.1 Å². The molecule has 0 radical (unpaired) electrons. The molecule has 0 bridgehead atoms. The van der Waals surface area contributed by atoms with Crippen LogP contribution >= 0.6 is 0 Å². The number of carboxylic acid groups (broad SMARTS) is 1. The van der Waals surface area contributed by atoms with E-state index in [-0.39, 0.29) is 5.82 Å². The van der Waals surface area contributed by atoms with Crippen LogP contribution in [0, 0.1) is 5.82 Å². The van der Waals surface area contributed by atoms with Crippen molar-refractivity contribution in [1.29, 1.82) is 0 Å². The van der Waals surface area contributed by atoms with E-state index < -0.39 is 17.4 Å². The average Bonchev–Trinajstić information content (AvgIpc) is 3.08. The van der Waals surface area contributed by atoms with E-state index in [1.807, 2.05) is 30.3 Å². The number of carbonyl (C=O) groups excluding carboxylic acids is 1. The first-order valence-electron chi connectivity index (χ1n) is 8.18. The molecule has 27 heavy (non-hydrogen) atoms. The van der Waals surface area contributed by atoms with Gasteiger partial charge in [-0.25, -0.2) is 9.18 Å². The molecule has 1 aromatic heterocycles. The summed E-state index contributed by atoms with van der Waals surface area (Å²) in [7, 11) is 0. The molecule has 6 heteroatoms. The zero-order valence-corrected chi connectivity index (χ0v) is 14.3. The number of rotatable bonds is 6. The van der Waals surface area contributed by atoms with Crippen molar-refractivity contribution in [3.8, 4) is 11.1 Å². The van der Waals surface area contributed by atoms with E-state index >= 15 is 0 Å². The minimum Gasteiger partial charge on any atom is -0.477 e. The SMILES string of the molecule is N/C(=C\C(=O)c1cn(Cc2ccc(F)cc2)cc1-c1ccccc1)C(=O)O. The van der Waals surface area contributed by atoms with Gasteiger partial charge >= 0.3 is 5.97 Å². The van der Waals surface area contributed by atoms with Crippen molar-refractivity contribution in [3.05, 3.63) is 95.7 Å². The summed E-state index contributed by atoms with van der Waals surface area (Å²) in [6, 6.07) is 15.4. The lowest BCUT2D eigenvalue weighted by molar-refractivity contribution is -0.132. The van der Waals surface area contributed by atoms with E-state index in [0.717, 1.165) is 17.2 Å². The number of aliphatic carboxylic acids is 1. The Bertz CT molecular complexity index is 1010. The molecule has 3 aromatic rings. The zero-order valence-electron chi connectivity index (χ0n) is 14.3. The number of hydrogen-bond acceptors (Lipinski definition) is 3. The molecular formula is C21H17FN2O3. The van der Waals surface area contributed by atoms with Crippen LogP contribution in [0.2, 0.25) is 0 Å². The van der Waals surface area contributed by atoms with Gasteiger partial charge in [-0.1, -0.05) is 42.5 Å². The molecule has 0 saturated heterocycles. The number of carboxylic acids is 1. The number of aromatic nitrogens is 1. The summed E-state index contributed by atoms with van der Waals surface area (Å²) in [6.07, 6.45) is 4.35. The number of hydrogen-bond donors (Lipinski definition) is 2. The lowest BCUT2D eigenvalue weighted by atomic mass is 10.0. The number of nitrogens with zero attached hydrogens (tertiary/aromatic N) is 1. The second-order valence-corrected chi connectivity index (χ2v) is 6.02. The standard InChI is InChI=1S/C21H17FN2O3/c22-16-8-6-14(7-9-16)11-24-12-17(15-4-2-1-3-5-15)18(13-24)20(25)10-19(23)21(26)27/h1-10,12-13H,11,23H2,(H,26,27)/b19-10-. The Labute approximate surface area is 155 Å². The highest BCUT2D eigenvalue weighted by Crippen LogP contribution is 2.26. The first-order chi connectivity index (χ1) is 12.9. The molecule has 1 heterocycles. The van der Waals surface area contributed by atoms with Crippen molar-refractivity contribution < 1.29 is 19.1 Å². The molecule has 0 fully saturated rings. The topological polar surface area (TPSA) is 85.3 Å². The Morgan fingerprint density at radius 3 is 2.33 bits per heavy atom. The quantitative estimate of drug-likeness (QED) is 0.518. The van der Waals surface area contributed by atoms with Crippen molar-refractivity contribution in [1.82, 2.24) is 4.57 Å². The lowest BCUT2D eigenvalue weighted by Crippen LogP contribution is -2.12. The summed E-state index contributed by atoms with van der Waals surface area (Å²) in [6.45, 7) is 0.436. The first kappa shape index (κ1) is 18.1. The molecule has 0 unspecified atom stereocenters. The second-order valence-electron chi connectivity index (χ2n) is 6.02. The van der Waals surface area contributed by atoms with E-state index in [9.17, 15) is 14.0 Å². The van der Waals surface area contributed by atoms with E-state index in [2.05, 4.69) is 0 Å². The van der Waals surface area contributed by atoms with E-state index in [0.29, 0.717) is 17.7 Å². The lowest BCUT2D eigenvalue weighted by Gasteiger charge is -2.03. The molecule has 0 amide bonds. The third-order valence-electron chi connectivity index (χ3n) is 4.04.